The number of carbonyl (C=O) groups is 1. The molecule has 1 saturated heterocycles. The number of amides is 1. The summed E-state index contributed by atoms with van der Waals surface area (Å²) in [4.78, 5) is 17.7. The highest BCUT2D eigenvalue weighted by molar-refractivity contribution is 5.87. The lowest BCUT2D eigenvalue weighted by atomic mass is 9.80. The molecule has 1 heterocycles. The van der Waals surface area contributed by atoms with Crippen molar-refractivity contribution < 1.29 is 31.1 Å². The molecule has 0 spiro atoms. The number of alkyl halides is 6. The zero-order chi connectivity index (χ0) is 29.5. The van der Waals surface area contributed by atoms with Crippen LogP contribution in [0, 0.1) is 6.92 Å². The number of nitrogens with zero attached hydrogens (tertiary/aromatic N) is 2. The molecule has 0 bridgehead atoms. The molecule has 214 valence electrons. The van der Waals surface area contributed by atoms with E-state index in [4.69, 9.17) is 0 Å². The maximum Gasteiger partial charge on any atom is 0.416 e. The second-order valence-electron chi connectivity index (χ2n) is 11.0. The molecule has 1 amide bonds. The van der Waals surface area contributed by atoms with Crippen molar-refractivity contribution in [2.45, 2.75) is 57.0 Å². The first-order valence-electron chi connectivity index (χ1n) is 13.0. The highest BCUT2D eigenvalue weighted by Crippen LogP contribution is 2.41. The van der Waals surface area contributed by atoms with Crippen LogP contribution in [0.15, 0.2) is 72.8 Å². The average Bonchev–Trinajstić information content (AvgIpc) is 3.30. The lowest BCUT2D eigenvalue weighted by Gasteiger charge is -2.36. The van der Waals surface area contributed by atoms with Crippen LogP contribution in [0.2, 0.25) is 0 Å². The standard InChI is InChI=1S/C31H32F6N2O/c1-20-10-8-9-13-25(20)26-18-39(17-21-11-6-5-7-12-21)19-27(26)38(4)28(40)29(2,3)22-14-23(30(32,33)34)16-24(15-22)31(35,36)37/h5-16,26-27H,17-19H2,1-4H3/t26-,27-/m0/s1. The minimum absolute atomic E-state index is 0.0837. The Labute approximate surface area is 230 Å². The minimum atomic E-state index is -5.00. The summed E-state index contributed by atoms with van der Waals surface area (Å²) in [6, 6.07) is 18.7. The quantitative estimate of drug-likeness (QED) is 0.292. The molecule has 0 unspecified atom stereocenters. The van der Waals surface area contributed by atoms with Gasteiger partial charge in [-0.2, -0.15) is 26.3 Å². The summed E-state index contributed by atoms with van der Waals surface area (Å²) in [5, 5.41) is 0. The van der Waals surface area contributed by atoms with Crippen molar-refractivity contribution in [3.8, 4) is 0 Å². The second-order valence-corrected chi connectivity index (χ2v) is 11.0. The van der Waals surface area contributed by atoms with Gasteiger partial charge in [-0.1, -0.05) is 54.6 Å². The molecule has 0 saturated carbocycles. The molecular weight excluding hydrogens is 530 g/mol. The molecule has 9 heteroatoms. The van der Waals surface area contributed by atoms with Gasteiger partial charge in [-0.3, -0.25) is 9.69 Å². The molecule has 2 atom stereocenters. The van der Waals surface area contributed by atoms with Gasteiger partial charge in [0.15, 0.2) is 0 Å². The van der Waals surface area contributed by atoms with Crippen molar-refractivity contribution in [2.75, 3.05) is 20.1 Å². The molecule has 1 fully saturated rings. The molecule has 3 nitrogen and oxygen atoms in total. The van der Waals surface area contributed by atoms with Gasteiger partial charge in [-0.05, 0) is 61.2 Å². The lowest BCUT2D eigenvalue weighted by molar-refractivity contribution is -0.144. The average molecular weight is 563 g/mol. The van der Waals surface area contributed by atoms with Gasteiger partial charge in [-0.15, -0.1) is 0 Å². The number of halogens is 6. The minimum Gasteiger partial charge on any atom is -0.340 e. The van der Waals surface area contributed by atoms with E-state index >= 15 is 0 Å². The summed E-state index contributed by atoms with van der Waals surface area (Å²) >= 11 is 0. The summed E-state index contributed by atoms with van der Waals surface area (Å²) in [6.45, 7) is 6.53. The van der Waals surface area contributed by atoms with Crippen molar-refractivity contribution in [3.05, 3.63) is 106 Å². The number of likely N-dealkylation sites (N-methyl/N-ethyl adjacent to an activating group) is 1. The van der Waals surface area contributed by atoms with E-state index in [9.17, 15) is 31.1 Å². The van der Waals surface area contributed by atoms with Gasteiger partial charge in [0.25, 0.3) is 0 Å². The molecule has 1 aliphatic rings. The number of aryl methyl sites for hydroxylation is 1. The molecular formula is C31H32F6N2O. The topological polar surface area (TPSA) is 23.6 Å². The summed E-state index contributed by atoms with van der Waals surface area (Å²) in [7, 11) is 1.59. The van der Waals surface area contributed by atoms with Gasteiger partial charge in [0.05, 0.1) is 22.6 Å². The van der Waals surface area contributed by atoms with E-state index in [1.807, 2.05) is 61.5 Å². The van der Waals surface area contributed by atoms with Crippen LogP contribution in [-0.4, -0.2) is 41.9 Å². The van der Waals surface area contributed by atoms with E-state index in [-0.39, 0.29) is 23.6 Å². The SMILES string of the molecule is Cc1ccccc1[C@@H]1CN(Cc2ccccc2)C[C@@H]1N(C)C(=O)C(C)(C)c1cc(C(F)(F)F)cc(C(F)(F)F)c1. The molecule has 0 aromatic heterocycles. The largest absolute Gasteiger partial charge is 0.416 e. The summed E-state index contributed by atoms with van der Waals surface area (Å²) in [5.41, 5.74) is -1.66. The predicted molar refractivity (Wildman–Crippen MR) is 142 cm³/mol. The van der Waals surface area contributed by atoms with Gasteiger partial charge in [0.2, 0.25) is 5.91 Å². The first-order valence-corrected chi connectivity index (χ1v) is 13.0. The number of hydrogen-bond donors (Lipinski definition) is 0. The summed E-state index contributed by atoms with van der Waals surface area (Å²) < 4.78 is 81.4. The van der Waals surface area contributed by atoms with Crippen molar-refractivity contribution >= 4 is 5.91 Å². The molecule has 3 aromatic carbocycles. The van der Waals surface area contributed by atoms with Gasteiger partial charge >= 0.3 is 12.4 Å². The Balaban J connectivity index is 1.70. The van der Waals surface area contributed by atoms with Crippen molar-refractivity contribution in [2.24, 2.45) is 0 Å². The molecule has 4 rings (SSSR count). The predicted octanol–water partition coefficient (Wildman–Crippen LogP) is 7.44. The van der Waals surface area contributed by atoms with E-state index in [0.29, 0.717) is 31.8 Å². The highest BCUT2D eigenvalue weighted by Gasteiger charge is 2.44. The van der Waals surface area contributed by atoms with E-state index in [2.05, 4.69) is 4.90 Å². The first-order chi connectivity index (χ1) is 18.6. The molecule has 1 aliphatic heterocycles. The van der Waals surface area contributed by atoms with Gasteiger partial charge in [-0.25, -0.2) is 0 Å². The Morgan fingerprint density at radius 2 is 1.35 bits per heavy atom. The van der Waals surface area contributed by atoms with Crippen LogP contribution >= 0.6 is 0 Å². The number of carbonyl (C=O) groups excluding carboxylic acids is 1. The van der Waals surface area contributed by atoms with Crippen LogP contribution in [0.3, 0.4) is 0 Å². The molecule has 0 aliphatic carbocycles. The monoisotopic (exact) mass is 562 g/mol. The molecule has 0 N–H and O–H groups in total. The van der Waals surface area contributed by atoms with Crippen LogP contribution in [0.25, 0.3) is 0 Å². The van der Waals surface area contributed by atoms with Crippen molar-refractivity contribution in [1.29, 1.82) is 0 Å². The van der Waals surface area contributed by atoms with Gasteiger partial charge in [0, 0.05) is 32.6 Å². The molecule has 0 radical (unpaired) electrons. The van der Waals surface area contributed by atoms with E-state index in [1.165, 1.54) is 18.7 Å². The zero-order valence-corrected chi connectivity index (χ0v) is 22.8. The third-order valence-corrected chi connectivity index (χ3v) is 7.86. The number of rotatable bonds is 6. The second kappa shape index (κ2) is 10.9. The maximum absolute atomic E-state index is 13.9. The van der Waals surface area contributed by atoms with Crippen LogP contribution in [0.5, 0.6) is 0 Å². The fourth-order valence-corrected chi connectivity index (χ4v) is 5.57. The molecule has 3 aromatic rings. The van der Waals surface area contributed by atoms with E-state index in [0.717, 1.165) is 16.7 Å². The number of hydrogen-bond acceptors (Lipinski definition) is 2. The number of benzene rings is 3. The van der Waals surface area contributed by atoms with Crippen LogP contribution in [0.1, 0.15) is 53.1 Å². The Hall–Kier alpha value is -3.33. The Morgan fingerprint density at radius 1 is 0.825 bits per heavy atom. The molecule has 40 heavy (non-hydrogen) atoms. The zero-order valence-electron chi connectivity index (χ0n) is 22.8. The third kappa shape index (κ3) is 6.19. The normalized spacial score (nSPS) is 18.6. The fraction of sp³-hybridized carbons (Fsp3) is 0.387. The summed E-state index contributed by atoms with van der Waals surface area (Å²) in [6.07, 6.45) is -10.00. The van der Waals surface area contributed by atoms with E-state index in [1.54, 1.807) is 7.05 Å². The lowest BCUT2D eigenvalue weighted by Crippen LogP contribution is -2.49. The smallest absolute Gasteiger partial charge is 0.340 e. The Bertz CT molecular complexity index is 1320. The summed E-state index contributed by atoms with van der Waals surface area (Å²) in [5.74, 6) is -0.646. The highest BCUT2D eigenvalue weighted by atomic mass is 19.4. The number of likely N-dealkylation sites (tertiary alicyclic amines) is 1. The first kappa shape index (κ1) is 29.6. The Morgan fingerprint density at radius 3 is 1.90 bits per heavy atom. The van der Waals surface area contributed by atoms with Crippen LogP contribution < -0.4 is 0 Å². The van der Waals surface area contributed by atoms with Crippen molar-refractivity contribution in [1.82, 2.24) is 9.80 Å². The van der Waals surface area contributed by atoms with Crippen LogP contribution in [0.4, 0.5) is 26.3 Å². The third-order valence-electron chi connectivity index (χ3n) is 7.86. The Kier molecular flexibility index (Phi) is 8.09. The fourth-order valence-electron chi connectivity index (χ4n) is 5.57. The van der Waals surface area contributed by atoms with E-state index < -0.39 is 34.8 Å². The van der Waals surface area contributed by atoms with Crippen LogP contribution in [-0.2, 0) is 29.1 Å². The maximum atomic E-state index is 13.9. The van der Waals surface area contributed by atoms with Gasteiger partial charge < -0.3 is 4.90 Å². The van der Waals surface area contributed by atoms with Gasteiger partial charge in [0.1, 0.15) is 0 Å². The van der Waals surface area contributed by atoms with Crippen molar-refractivity contribution in [3.63, 3.8) is 0 Å².